The van der Waals surface area contributed by atoms with Crippen LogP contribution < -0.4 is 0 Å². The monoisotopic (exact) mass is 331 g/mol. The third kappa shape index (κ3) is 3.94. The molecule has 1 unspecified atom stereocenters. The van der Waals surface area contributed by atoms with Crippen molar-refractivity contribution in [1.82, 2.24) is 0 Å². The van der Waals surface area contributed by atoms with Gasteiger partial charge in [-0.1, -0.05) is 38.1 Å². The Labute approximate surface area is 142 Å². The van der Waals surface area contributed by atoms with Crippen LogP contribution in [0.1, 0.15) is 57.1 Å². The first kappa shape index (κ1) is 19.7. The Kier molecular flexibility index (Phi) is 6.53. The quantitative estimate of drug-likeness (QED) is 0.715. The number of rotatable bonds is 9. The molecule has 0 bridgehead atoms. The van der Waals surface area contributed by atoms with Crippen LogP contribution in [-0.2, 0) is 15.0 Å². The number of hydrogen-bond acceptors (Lipinski definition) is 3. The van der Waals surface area contributed by atoms with Crippen LogP contribution in [0.5, 0.6) is 0 Å². The first-order chi connectivity index (χ1) is 11.3. The number of benzene rings is 1. The van der Waals surface area contributed by atoms with Crippen LogP contribution in [0.2, 0.25) is 0 Å². The summed E-state index contributed by atoms with van der Waals surface area (Å²) in [6, 6.07) is 9.60. The van der Waals surface area contributed by atoms with E-state index >= 15 is 0 Å². The molecule has 2 N–H and O–H groups in total. The third-order valence-electron chi connectivity index (χ3n) is 5.09. The fraction of sp³-hybridized carbons (Fsp3) is 0.526. The normalized spacial score (nSPS) is 13.8. The Balaban J connectivity index is 3.48. The van der Waals surface area contributed by atoms with Gasteiger partial charge >= 0.3 is 11.9 Å². The molecule has 0 amide bonds. The Morgan fingerprint density at radius 2 is 1.75 bits per heavy atom. The topological polar surface area (TPSA) is 98.4 Å². The van der Waals surface area contributed by atoms with Gasteiger partial charge in [-0.3, -0.25) is 9.59 Å². The van der Waals surface area contributed by atoms with E-state index in [9.17, 15) is 20.0 Å². The fourth-order valence-corrected chi connectivity index (χ4v) is 3.36. The van der Waals surface area contributed by atoms with E-state index in [2.05, 4.69) is 6.07 Å². The average molecular weight is 331 g/mol. The number of carbonyl (C=O) groups is 2. The van der Waals surface area contributed by atoms with E-state index in [-0.39, 0.29) is 19.3 Å². The molecule has 0 fully saturated rings. The summed E-state index contributed by atoms with van der Waals surface area (Å²) < 4.78 is 0. The van der Waals surface area contributed by atoms with Gasteiger partial charge in [0.2, 0.25) is 0 Å². The van der Waals surface area contributed by atoms with Crippen molar-refractivity contribution >= 4 is 11.9 Å². The van der Waals surface area contributed by atoms with Gasteiger partial charge in [-0.2, -0.15) is 5.26 Å². The van der Waals surface area contributed by atoms with Crippen LogP contribution in [0.4, 0.5) is 0 Å². The number of aliphatic carboxylic acids is 2. The minimum Gasteiger partial charge on any atom is -0.481 e. The van der Waals surface area contributed by atoms with Gasteiger partial charge in [0, 0.05) is 6.42 Å². The fourth-order valence-electron chi connectivity index (χ4n) is 3.36. The summed E-state index contributed by atoms with van der Waals surface area (Å²) in [6.07, 6.45) is 0.809. The Morgan fingerprint density at radius 1 is 1.17 bits per heavy atom. The largest absolute Gasteiger partial charge is 0.481 e. The Bertz CT molecular complexity index is 643. The molecular weight excluding hydrogens is 306 g/mol. The molecule has 0 aromatic heterocycles. The van der Waals surface area contributed by atoms with Crippen LogP contribution in [0, 0.1) is 23.7 Å². The number of carboxylic acid groups (broad SMARTS) is 2. The molecular formula is C19H25NO4. The van der Waals surface area contributed by atoms with Gasteiger partial charge in [-0.25, -0.2) is 0 Å². The summed E-state index contributed by atoms with van der Waals surface area (Å²) in [5.74, 6) is -1.92. The maximum absolute atomic E-state index is 11.9. The number of nitrogens with zero attached hydrogens (tertiary/aromatic N) is 1. The molecule has 5 nitrogen and oxygen atoms in total. The summed E-state index contributed by atoms with van der Waals surface area (Å²) in [7, 11) is 0. The van der Waals surface area contributed by atoms with Crippen molar-refractivity contribution in [1.29, 1.82) is 5.26 Å². The smallest absolute Gasteiger partial charge is 0.309 e. The molecule has 1 aromatic carbocycles. The lowest BCUT2D eigenvalue weighted by atomic mass is 9.63. The lowest BCUT2D eigenvalue weighted by molar-refractivity contribution is -0.150. The standard InChI is InChI=1S/C19H25NO4/c1-4-18(5-2,17(23)24)12-19(13-20,11-10-16(21)22)15-9-7-6-8-14(15)3/h6-9H,4-5,10-12H2,1-3H3,(H,21,22)(H,23,24). The molecule has 1 rings (SSSR count). The van der Waals surface area contributed by atoms with Crippen LogP contribution >= 0.6 is 0 Å². The van der Waals surface area contributed by atoms with Crippen LogP contribution in [0.15, 0.2) is 24.3 Å². The second-order valence-electron chi connectivity index (χ2n) is 6.37. The molecule has 0 saturated carbocycles. The minimum atomic E-state index is -1.13. The molecule has 0 heterocycles. The summed E-state index contributed by atoms with van der Waals surface area (Å²) in [5.41, 5.74) is -0.581. The second kappa shape index (κ2) is 7.96. The molecule has 0 saturated heterocycles. The number of carboxylic acids is 2. The average Bonchev–Trinajstić information content (AvgIpc) is 2.56. The van der Waals surface area contributed by atoms with Crippen LogP contribution in [-0.4, -0.2) is 22.2 Å². The number of aryl methyl sites for hydroxylation is 1. The predicted molar refractivity (Wildman–Crippen MR) is 90.6 cm³/mol. The zero-order valence-corrected chi connectivity index (χ0v) is 14.5. The van der Waals surface area contributed by atoms with Gasteiger partial charge in [-0.15, -0.1) is 0 Å². The maximum atomic E-state index is 11.9. The summed E-state index contributed by atoms with van der Waals surface area (Å²) >= 11 is 0. The van der Waals surface area contributed by atoms with E-state index in [4.69, 9.17) is 5.11 Å². The first-order valence-corrected chi connectivity index (χ1v) is 8.19. The molecule has 24 heavy (non-hydrogen) atoms. The lowest BCUT2D eigenvalue weighted by Gasteiger charge is -2.37. The van der Waals surface area contributed by atoms with Crippen molar-refractivity contribution < 1.29 is 19.8 Å². The molecule has 0 aliphatic heterocycles. The van der Waals surface area contributed by atoms with E-state index in [1.807, 2.05) is 19.1 Å². The van der Waals surface area contributed by atoms with Crippen molar-refractivity contribution in [2.45, 2.75) is 58.3 Å². The van der Waals surface area contributed by atoms with E-state index in [0.29, 0.717) is 12.8 Å². The highest BCUT2D eigenvalue weighted by Gasteiger charge is 2.46. The molecule has 0 spiro atoms. The zero-order valence-electron chi connectivity index (χ0n) is 14.5. The molecule has 1 aromatic rings. The van der Waals surface area contributed by atoms with Crippen molar-refractivity contribution in [2.75, 3.05) is 0 Å². The minimum absolute atomic E-state index is 0.0959. The van der Waals surface area contributed by atoms with Crippen LogP contribution in [0.25, 0.3) is 0 Å². The molecule has 0 radical (unpaired) electrons. The zero-order chi connectivity index (χ0) is 18.4. The molecule has 1 atom stereocenters. The van der Waals surface area contributed by atoms with E-state index in [1.54, 1.807) is 26.0 Å². The second-order valence-corrected chi connectivity index (χ2v) is 6.37. The molecule has 0 aliphatic carbocycles. The van der Waals surface area contributed by atoms with Gasteiger partial charge < -0.3 is 10.2 Å². The van der Waals surface area contributed by atoms with Crippen molar-refractivity contribution in [3.8, 4) is 6.07 Å². The summed E-state index contributed by atoms with van der Waals surface area (Å²) in [5, 5.41) is 28.8. The highest BCUT2D eigenvalue weighted by Crippen LogP contribution is 2.45. The predicted octanol–water partition coefficient (Wildman–Crippen LogP) is 3.90. The first-order valence-electron chi connectivity index (χ1n) is 8.19. The molecule has 0 aliphatic rings. The Hall–Kier alpha value is -2.35. The number of hydrogen-bond donors (Lipinski definition) is 2. The third-order valence-corrected chi connectivity index (χ3v) is 5.09. The van der Waals surface area contributed by atoms with Gasteiger partial charge in [0.1, 0.15) is 0 Å². The van der Waals surface area contributed by atoms with Crippen molar-refractivity contribution in [3.63, 3.8) is 0 Å². The van der Waals surface area contributed by atoms with Gasteiger partial charge in [0.15, 0.2) is 0 Å². The van der Waals surface area contributed by atoms with Crippen molar-refractivity contribution in [3.05, 3.63) is 35.4 Å². The highest BCUT2D eigenvalue weighted by atomic mass is 16.4. The van der Waals surface area contributed by atoms with E-state index in [0.717, 1.165) is 11.1 Å². The highest BCUT2D eigenvalue weighted by molar-refractivity contribution is 5.75. The van der Waals surface area contributed by atoms with Crippen molar-refractivity contribution in [2.24, 2.45) is 5.41 Å². The SMILES string of the molecule is CCC(CC)(CC(C#N)(CCC(=O)O)c1ccccc1C)C(=O)O. The Morgan fingerprint density at radius 3 is 2.17 bits per heavy atom. The molecule has 130 valence electrons. The summed E-state index contributed by atoms with van der Waals surface area (Å²) in [6.45, 7) is 5.46. The van der Waals surface area contributed by atoms with Crippen LogP contribution in [0.3, 0.4) is 0 Å². The van der Waals surface area contributed by atoms with E-state index in [1.165, 1.54) is 0 Å². The summed E-state index contributed by atoms with van der Waals surface area (Å²) in [4.78, 5) is 23.0. The van der Waals surface area contributed by atoms with Gasteiger partial charge in [0.05, 0.1) is 16.9 Å². The maximum Gasteiger partial charge on any atom is 0.309 e. The van der Waals surface area contributed by atoms with E-state index < -0.39 is 22.8 Å². The molecule has 5 heteroatoms. The van der Waals surface area contributed by atoms with Gasteiger partial charge in [-0.05, 0) is 43.7 Å². The number of nitriles is 1. The van der Waals surface area contributed by atoms with Gasteiger partial charge in [0.25, 0.3) is 0 Å². The lowest BCUT2D eigenvalue weighted by Crippen LogP contribution is -2.39.